The molecule has 1 unspecified atom stereocenters. The topological polar surface area (TPSA) is 55.8 Å². The van der Waals surface area contributed by atoms with Crippen LogP contribution in [0.4, 0.5) is 0 Å². The molecule has 2 aliphatic heterocycles. The number of ether oxygens (including phenoxy) is 2. The van der Waals surface area contributed by atoms with Crippen LogP contribution in [0, 0.1) is 0 Å². The minimum absolute atomic E-state index is 0.124. The van der Waals surface area contributed by atoms with Crippen LogP contribution in [-0.4, -0.2) is 43.6 Å². The summed E-state index contributed by atoms with van der Waals surface area (Å²) in [5.41, 5.74) is 3.55. The van der Waals surface area contributed by atoms with Crippen LogP contribution < -0.4 is 0 Å². The molecule has 0 saturated carbocycles. The Labute approximate surface area is 218 Å². The Morgan fingerprint density at radius 2 is 1.30 bits per heavy atom. The fraction of sp³-hybridized carbons (Fsp3) is 0.250. The number of hydrogen-bond acceptors (Lipinski definition) is 5. The van der Waals surface area contributed by atoms with E-state index in [4.69, 9.17) is 9.47 Å². The molecule has 2 heterocycles. The first-order chi connectivity index (χ1) is 18.1. The molecule has 0 radical (unpaired) electrons. The van der Waals surface area contributed by atoms with Gasteiger partial charge >= 0.3 is 11.9 Å². The molecule has 0 aliphatic carbocycles. The van der Waals surface area contributed by atoms with Gasteiger partial charge in [-0.2, -0.15) is 0 Å². The molecule has 5 heteroatoms. The molecular formula is C32H31NO4. The highest BCUT2D eigenvalue weighted by Gasteiger charge is 2.50. The number of piperidine rings is 1. The average molecular weight is 494 g/mol. The minimum atomic E-state index is -0.650. The van der Waals surface area contributed by atoms with E-state index in [-0.39, 0.29) is 17.3 Å². The molecule has 0 bridgehead atoms. The minimum Gasteiger partial charge on any atom is -0.465 e. The van der Waals surface area contributed by atoms with E-state index >= 15 is 0 Å². The van der Waals surface area contributed by atoms with Crippen LogP contribution in [0.15, 0.2) is 108 Å². The maximum atomic E-state index is 13.5. The molecule has 3 aromatic carbocycles. The maximum Gasteiger partial charge on any atom is 0.355 e. The Hall–Kier alpha value is -4.12. The van der Waals surface area contributed by atoms with Crippen LogP contribution in [-0.2, 0) is 24.5 Å². The fourth-order valence-corrected chi connectivity index (χ4v) is 5.96. The molecule has 5 rings (SSSR count). The fourth-order valence-electron chi connectivity index (χ4n) is 5.96. The van der Waals surface area contributed by atoms with E-state index in [1.165, 1.54) is 14.2 Å². The van der Waals surface area contributed by atoms with Gasteiger partial charge in [0.15, 0.2) is 0 Å². The van der Waals surface area contributed by atoms with Crippen LogP contribution in [0.5, 0.6) is 0 Å². The lowest BCUT2D eigenvalue weighted by molar-refractivity contribution is -0.141. The van der Waals surface area contributed by atoms with E-state index < -0.39 is 17.4 Å². The Bertz CT molecular complexity index is 1290. The summed E-state index contributed by atoms with van der Waals surface area (Å²) in [7, 11) is 2.72. The van der Waals surface area contributed by atoms with Crippen LogP contribution >= 0.6 is 0 Å². The van der Waals surface area contributed by atoms with Gasteiger partial charge in [-0.15, -0.1) is 0 Å². The van der Waals surface area contributed by atoms with Gasteiger partial charge in [0.1, 0.15) is 5.70 Å². The maximum absolute atomic E-state index is 13.5. The molecule has 1 fully saturated rings. The van der Waals surface area contributed by atoms with Crippen molar-refractivity contribution in [1.29, 1.82) is 0 Å². The van der Waals surface area contributed by atoms with Crippen molar-refractivity contribution in [3.63, 3.8) is 0 Å². The molecular weight excluding hydrogens is 462 g/mol. The highest BCUT2D eigenvalue weighted by Crippen LogP contribution is 2.49. The number of fused-ring (bicyclic) bond motifs is 1. The van der Waals surface area contributed by atoms with Gasteiger partial charge in [0.05, 0.1) is 25.2 Å². The Morgan fingerprint density at radius 3 is 1.84 bits per heavy atom. The van der Waals surface area contributed by atoms with Crippen molar-refractivity contribution in [2.45, 2.75) is 30.7 Å². The van der Waals surface area contributed by atoms with E-state index in [9.17, 15) is 9.59 Å². The summed E-state index contributed by atoms with van der Waals surface area (Å²) in [5, 5.41) is 0. The monoisotopic (exact) mass is 493 g/mol. The van der Waals surface area contributed by atoms with E-state index in [0.29, 0.717) is 12.1 Å². The van der Waals surface area contributed by atoms with Crippen molar-refractivity contribution in [2.24, 2.45) is 0 Å². The third-order valence-corrected chi connectivity index (χ3v) is 7.55. The van der Waals surface area contributed by atoms with Crippen LogP contribution in [0.25, 0.3) is 5.57 Å². The largest absolute Gasteiger partial charge is 0.465 e. The predicted molar refractivity (Wildman–Crippen MR) is 143 cm³/mol. The number of methoxy groups -OCH3 is 2. The summed E-state index contributed by atoms with van der Waals surface area (Å²) in [4.78, 5) is 29.2. The van der Waals surface area contributed by atoms with Gasteiger partial charge in [-0.05, 0) is 41.5 Å². The average Bonchev–Trinajstić information content (AvgIpc) is 3.11. The lowest BCUT2D eigenvalue weighted by atomic mass is 9.65. The number of esters is 2. The third-order valence-electron chi connectivity index (χ3n) is 7.55. The molecule has 0 spiro atoms. The molecule has 0 amide bonds. The molecule has 37 heavy (non-hydrogen) atoms. The van der Waals surface area contributed by atoms with Gasteiger partial charge in [-0.3, -0.25) is 0 Å². The van der Waals surface area contributed by atoms with Crippen LogP contribution in [0.1, 0.15) is 36.0 Å². The second-order valence-corrected chi connectivity index (χ2v) is 9.44. The van der Waals surface area contributed by atoms with Gasteiger partial charge < -0.3 is 14.4 Å². The summed E-state index contributed by atoms with van der Waals surface area (Å²) in [6.45, 7) is 0.632. The smallest absolute Gasteiger partial charge is 0.355 e. The molecule has 0 aromatic heterocycles. The quantitative estimate of drug-likeness (QED) is 0.438. The highest BCUT2D eigenvalue weighted by molar-refractivity contribution is 6.13. The summed E-state index contributed by atoms with van der Waals surface area (Å²) < 4.78 is 10.6. The molecule has 188 valence electrons. The first kappa shape index (κ1) is 24.6. The standard InChI is InChI=1S/C32H31NO4/c1-36-30(34)28-26(23-14-6-3-7-15-23)22-32(24-16-8-4-9-17-24,25-18-10-5-11-19-25)27-20-12-13-21-33(27)29(28)31(35)37-2/h3-11,14-19,22,27H,12-13,20-21H2,1-2H3. The molecule has 1 atom stereocenters. The van der Waals surface area contributed by atoms with Gasteiger partial charge in [0.2, 0.25) is 0 Å². The van der Waals surface area contributed by atoms with Crippen molar-refractivity contribution in [1.82, 2.24) is 4.90 Å². The number of hydrogen-bond donors (Lipinski definition) is 0. The predicted octanol–water partition coefficient (Wildman–Crippen LogP) is 5.52. The number of rotatable bonds is 5. The van der Waals surface area contributed by atoms with Gasteiger partial charge in [-0.25, -0.2) is 9.59 Å². The van der Waals surface area contributed by atoms with Gasteiger partial charge in [-0.1, -0.05) is 97.1 Å². The zero-order valence-corrected chi connectivity index (χ0v) is 21.2. The summed E-state index contributed by atoms with van der Waals surface area (Å²) in [5.74, 6) is -1.09. The van der Waals surface area contributed by atoms with Crippen LogP contribution in [0.3, 0.4) is 0 Å². The molecule has 2 aliphatic rings. The normalized spacial score (nSPS) is 18.8. The molecule has 3 aromatic rings. The number of carbonyl (C=O) groups is 2. The zero-order chi connectivity index (χ0) is 25.8. The van der Waals surface area contributed by atoms with E-state index in [0.717, 1.165) is 36.0 Å². The Kier molecular flexibility index (Phi) is 6.95. The van der Waals surface area contributed by atoms with E-state index in [1.807, 2.05) is 66.7 Å². The van der Waals surface area contributed by atoms with E-state index in [1.54, 1.807) is 0 Å². The van der Waals surface area contributed by atoms with Crippen molar-refractivity contribution in [3.05, 3.63) is 125 Å². The molecule has 5 nitrogen and oxygen atoms in total. The lowest BCUT2D eigenvalue weighted by Gasteiger charge is -2.48. The zero-order valence-electron chi connectivity index (χ0n) is 21.2. The van der Waals surface area contributed by atoms with Crippen LogP contribution in [0.2, 0.25) is 0 Å². The highest BCUT2D eigenvalue weighted by atomic mass is 16.5. The summed E-state index contributed by atoms with van der Waals surface area (Å²) >= 11 is 0. The van der Waals surface area contributed by atoms with Gasteiger partial charge in [0.25, 0.3) is 0 Å². The number of nitrogens with zero attached hydrogens (tertiary/aromatic N) is 1. The Balaban J connectivity index is 1.96. The lowest BCUT2D eigenvalue weighted by Crippen LogP contribution is -2.53. The van der Waals surface area contributed by atoms with Gasteiger partial charge in [0, 0.05) is 12.6 Å². The second kappa shape index (κ2) is 10.5. The Morgan fingerprint density at radius 1 is 0.757 bits per heavy atom. The number of carbonyl (C=O) groups excluding carboxylic acids is 2. The number of benzene rings is 3. The summed E-state index contributed by atoms with van der Waals surface area (Å²) in [6, 6.07) is 30.4. The first-order valence-corrected chi connectivity index (χ1v) is 12.7. The molecule has 0 N–H and O–H groups in total. The first-order valence-electron chi connectivity index (χ1n) is 12.7. The van der Waals surface area contributed by atoms with Crippen molar-refractivity contribution in [2.75, 3.05) is 20.8 Å². The van der Waals surface area contributed by atoms with Crippen molar-refractivity contribution >= 4 is 17.5 Å². The third kappa shape index (κ3) is 4.25. The summed E-state index contributed by atoms with van der Waals surface area (Å²) in [6.07, 6.45) is 4.96. The second-order valence-electron chi connectivity index (χ2n) is 9.44. The van der Waals surface area contributed by atoms with Crippen molar-refractivity contribution in [3.8, 4) is 0 Å². The molecule has 1 saturated heterocycles. The SMILES string of the molecule is COC(=O)C1=C(C(=O)OC)N2CCCCC2C(c2ccccc2)(c2ccccc2)C=C1c1ccccc1. The van der Waals surface area contributed by atoms with E-state index in [2.05, 4.69) is 35.2 Å². The van der Waals surface area contributed by atoms with Crippen molar-refractivity contribution < 1.29 is 19.1 Å².